The molecule has 3 heterocycles. The van der Waals surface area contributed by atoms with Gasteiger partial charge in [0.25, 0.3) is 0 Å². The highest BCUT2D eigenvalue weighted by molar-refractivity contribution is 5.56. The average Bonchev–Trinajstić information content (AvgIpc) is 3.13. The molecule has 3 aromatic rings. The Bertz CT molecular complexity index is 806. The fourth-order valence-electron chi connectivity index (χ4n) is 3.21. The zero-order valence-electron chi connectivity index (χ0n) is 12.6. The summed E-state index contributed by atoms with van der Waals surface area (Å²) >= 11 is 0. The molecule has 2 N–H and O–H groups in total. The Morgan fingerprint density at radius 2 is 2.23 bits per heavy atom. The SMILES string of the molecule is Cc1ccc2ncc(-c3noc([C@@H]4CCC[C@H](N)C4)n3)n2c1. The highest BCUT2D eigenvalue weighted by Crippen LogP contribution is 2.32. The molecule has 3 aromatic heterocycles. The second-order valence-electron chi connectivity index (χ2n) is 6.16. The fourth-order valence-corrected chi connectivity index (χ4v) is 3.21. The number of aryl methyl sites for hydroxylation is 1. The van der Waals surface area contributed by atoms with Crippen LogP contribution in [0.5, 0.6) is 0 Å². The van der Waals surface area contributed by atoms with Crippen LogP contribution >= 0.6 is 0 Å². The lowest BCUT2D eigenvalue weighted by Crippen LogP contribution is -2.26. The lowest BCUT2D eigenvalue weighted by atomic mass is 9.86. The van der Waals surface area contributed by atoms with Gasteiger partial charge in [0.15, 0.2) is 0 Å². The monoisotopic (exact) mass is 297 g/mol. The van der Waals surface area contributed by atoms with Crippen molar-refractivity contribution < 1.29 is 4.52 Å². The Morgan fingerprint density at radius 3 is 3.09 bits per heavy atom. The molecule has 0 spiro atoms. The van der Waals surface area contributed by atoms with Gasteiger partial charge in [0.1, 0.15) is 11.3 Å². The number of rotatable bonds is 2. The van der Waals surface area contributed by atoms with Crippen molar-refractivity contribution in [2.45, 2.75) is 44.6 Å². The molecule has 4 rings (SSSR count). The molecule has 0 amide bonds. The van der Waals surface area contributed by atoms with E-state index in [-0.39, 0.29) is 12.0 Å². The molecule has 6 nitrogen and oxygen atoms in total. The lowest BCUT2D eigenvalue weighted by molar-refractivity contribution is 0.299. The second kappa shape index (κ2) is 5.21. The van der Waals surface area contributed by atoms with E-state index in [0.717, 1.165) is 42.6 Å². The maximum Gasteiger partial charge on any atom is 0.230 e. The van der Waals surface area contributed by atoms with Crippen LogP contribution in [-0.4, -0.2) is 25.6 Å². The van der Waals surface area contributed by atoms with Crippen LogP contribution < -0.4 is 5.73 Å². The van der Waals surface area contributed by atoms with Crippen LogP contribution in [0.1, 0.15) is 43.1 Å². The highest BCUT2D eigenvalue weighted by atomic mass is 16.5. The molecule has 1 fully saturated rings. The number of imidazole rings is 1. The maximum absolute atomic E-state index is 6.05. The van der Waals surface area contributed by atoms with Crippen LogP contribution in [0.2, 0.25) is 0 Å². The average molecular weight is 297 g/mol. The topological polar surface area (TPSA) is 82.2 Å². The summed E-state index contributed by atoms with van der Waals surface area (Å²) in [6.45, 7) is 2.05. The van der Waals surface area contributed by atoms with Crippen molar-refractivity contribution >= 4 is 5.65 Å². The zero-order chi connectivity index (χ0) is 15.1. The molecule has 2 atom stereocenters. The van der Waals surface area contributed by atoms with Gasteiger partial charge in [0, 0.05) is 18.2 Å². The van der Waals surface area contributed by atoms with Crippen LogP contribution in [0, 0.1) is 6.92 Å². The Morgan fingerprint density at radius 1 is 1.32 bits per heavy atom. The third kappa shape index (κ3) is 2.29. The van der Waals surface area contributed by atoms with Crippen LogP contribution in [0.4, 0.5) is 0 Å². The van der Waals surface area contributed by atoms with E-state index < -0.39 is 0 Å². The molecule has 0 saturated heterocycles. The predicted molar refractivity (Wildman–Crippen MR) is 82.4 cm³/mol. The summed E-state index contributed by atoms with van der Waals surface area (Å²) < 4.78 is 7.49. The van der Waals surface area contributed by atoms with E-state index in [1.54, 1.807) is 6.20 Å². The summed E-state index contributed by atoms with van der Waals surface area (Å²) in [5.74, 6) is 1.57. The van der Waals surface area contributed by atoms with Crippen LogP contribution in [0.25, 0.3) is 17.2 Å². The van der Waals surface area contributed by atoms with Gasteiger partial charge in [-0.15, -0.1) is 0 Å². The van der Waals surface area contributed by atoms with Gasteiger partial charge in [0.05, 0.1) is 6.20 Å². The lowest BCUT2D eigenvalue weighted by Gasteiger charge is -2.23. The number of pyridine rings is 1. The van der Waals surface area contributed by atoms with Crippen LogP contribution in [-0.2, 0) is 0 Å². The van der Waals surface area contributed by atoms with Gasteiger partial charge in [0.2, 0.25) is 11.7 Å². The molecule has 22 heavy (non-hydrogen) atoms. The first-order valence-electron chi connectivity index (χ1n) is 7.74. The van der Waals surface area contributed by atoms with Crippen molar-refractivity contribution in [3.05, 3.63) is 36.0 Å². The number of nitrogens with zero attached hydrogens (tertiary/aromatic N) is 4. The molecular weight excluding hydrogens is 278 g/mol. The molecule has 1 saturated carbocycles. The van der Waals surface area contributed by atoms with Gasteiger partial charge in [-0.05, 0) is 37.8 Å². The molecule has 0 radical (unpaired) electrons. The van der Waals surface area contributed by atoms with Crippen molar-refractivity contribution in [3.8, 4) is 11.5 Å². The van der Waals surface area contributed by atoms with E-state index in [1.165, 1.54) is 0 Å². The van der Waals surface area contributed by atoms with Crippen molar-refractivity contribution in [1.29, 1.82) is 0 Å². The van der Waals surface area contributed by atoms with Gasteiger partial charge in [-0.25, -0.2) is 4.98 Å². The molecule has 6 heteroatoms. The number of aromatic nitrogens is 4. The van der Waals surface area contributed by atoms with Crippen molar-refractivity contribution in [2.75, 3.05) is 0 Å². The van der Waals surface area contributed by atoms with Crippen LogP contribution in [0.3, 0.4) is 0 Å². The first-order chi connectivity index (χ1) is 10.7. The molecule has 1 aliphatic rings. The first-order valence-corrected chi connectivity index (χ1v) is 7.74. The van der Waals surface area contributed by atoms with Crippen LogP contribution in [0.15, 0.2) is 29.0 Å². The minimum absolute atomic E-state index is 0.243. The van der Waals surface area contributed by atoms with E-state index in [0.29, 0.717) is 11.7 Å². The number of hydrogen-bond donors (Lipinski definition) is 1. The summed E-state index contributed by atoms with van der Waals surface area (Å²) in [7, 11) is 0. The number of nitrogens with two attached hydrogens (primary N) is 1. The second-order valence-corrected chi connectivity index (χ2v) is 6.16. The zero-order valence-corrected chi connectivity index (χ0v) is 12.6. The fraction of sp³-hybridized carbons (Fsp3) is 0.438. The van der Waals surface area contributed by atoms with Gasteiger partial charge in [-0.3, -0.25) is 4.40 Å². The standard InChI is InChI=1S/C16H19N5O/c1-10-5-6-14-18-8-13(21(14)9-10)15-19-16(22-20-15)11-3-2-4-12(17)7-11/h5-6,8-9,11-12H,2-4,7,17H2,1H3/t11-,12+/m1/s1. The summed E-state index contributed by atoms with van der Waals surface area (Å²) in [4.78, 5) is 8.99. The molecule has 0 aliphatic heterocycles. The highest BCUT2D eigenvalue weighted by Gasteiger charge is 2.26. The summed E-state index contributed by atoms with van der Waals surface area (Å²) in [6, 6.07) is 4.27. The Labute approximate surface area is 128 Å². The van der Waals surface area contributed by atoms with E-state index in [9.17, 15) is 0 Å². The summed E-state index contributed by atoms with van der Waals surface area (Å²) in [6.07, 6.45) is 8.03. The largest absolute Gasteiger partial charge is 0.339 e. The van der Waals surface area contributed by atoms with Crippen molar-refractivity contribution in [3.63, 3.8) is 0 Å². The predicted octanol–water partition coefficient (Wildman–Crippen LogP) is 2.68. The maximum atomic E-state index is 6.05. The molecular formula is C16H19N5O. The van der Waals surface area contributed by atoms with Crippen molar-refractivity contribution in [2.24, 2.45) is 5.73 Å². The summed E-state index contributed by atoms with van der Waals surface area (Å²) in [5.41, 5.74) is 8.95. The van der Waals surface area contributed by atoms with Crippen molar-refractivity contribution in [1.82, 2.24) is 19.5 Å². The van der Waals surface area contributed by atoms with E-state index in [1.807, 2.05) is 29.7 Å². The molecule has 1 aliphatic carbocycles. The minimum atomic E-state index is 0.243. The van der Waals surface area contributed by atoms with E-state index in [4.69, 9.17) is 10.3 Å². The third-order valence-electron chi connectivity index (χ3n) is 4.39. The van der Waals surface area contributed by atoms with Gasteiger partial charge in [-0.1, -0.05) is 17.6 Å². The quantitative estimate of drug-likeness (QED) is 0.786. The van der Waals surface area contributed by atoms with E-state index >= 15 is 0 Å². The number of hydrogen-bond acceptors (Lipinski definition) is 5. The Balaban J connectivity index is 1.69. The molecule has 114 valence electrons. The molecule has 0 unspecified atom stereocenters. The smallest absolute Gasteiger partial charge is 0.230 e. The van der Waals surface area contributed by atoms with Gasteiger partial charge >= 0.3 is 0 Å². The third-order valence-corrected chi connectivity index (χ3v) is 4.39. The minimum Gasteiger partial charge on any atom is -0.339 e. The number of fused-ring (bicyclic) bond motifs is 1. The normalized spacial score (nSPS) is 22.3. The first kappa shape index (κ1) is 13.5. The Kier molecular flexibility index (Phi) is 3.18. The van der Waals surface area contributed by atoms with Gasteiger partial charge in [-0.2, -0.15) is 4.98 Å². The molecule has 0 bridgehead atoms. The summed E-state index contributed by atoms with van der Waals surface area (Å²) in [5, 5.41) is 4.15. The molecule has 0 aromatic carbocycles. The van der Waals surface area contributed by atoms with E-state index in [2.05, 4.69) is 15.1 Å². The Hall–Kier alpha value is -2.21. The van der Waals surface area contributed by atoms with Gasteiger partial charge < -0.3 is 10.3 Å².